The zero-order chi connectivity index (χ0) is 30.1. The van der Waals surface area contributed by atoms with Crippen LogP contribution in [0.5, 0.6) is 0 Å². The third kappa shape index (κ3) is 2.95. The summed E-state index contributed by atoms with van der Waals surface area (Å²) in [4.78, 5) is 68.2. The van der Waals surface area contributed by atoms with Gasteiger partial charge in [0.2, 0.25) is 0 Å². The molecule has 1 N–H and O–H groups in total. The molecule has 0 radical (unpaired) electrons. The van der Waals surface area contributed by atoms with Crippen LogP contribution in [0.4, 0.5) is 0 Å². The Labute approximate surface area is 243 Å². The molecule has 9 rings (SSSR count). The molecule has 1 aromatic rings. The van der Waals surface area contributed by atoms with Crippen molar-refractivity contribution in [3.8, 4) is 0 Å². The van der Waals surface area contributed by atoms with Gasteiger partial charge in [-0.1, -0.05) is 37.3 Å². The maximum absolute atomic E-state index is 14.2. The fourth-order valence-corrected chi connectivity index (χ4v) is 11.2. The second-order valence-corrected chi connectivity index (χ2v) is 13.5. The summed E-state index contributed by atoms with van der Waals surface area (Å²) in [7, 11) is 1.85. The molecular formula is C32H35NO9. The number of hydrogen-bond acceptors (Lipinski definition) is 10. The van der Waals surface area contributed by atoms with Gasteiger partial charge in [-0.05, 0) is 25.6 Å². The van der Waals surface area contributed by atoms with E-state index in [1.165, 1.54) is 13.8 Å². The Morgan fingerprint density at radius 1 is 1.05 bits per heavy atom. The number of ketones is 1. The number of carbonyl (C=O) groups is 5. The first kappa shape index (κ1) is 27.5. The molecule has 8 fully saturated rings. The first-order chi connectivity index (χ1) is 19.9. The summed E-state index contributed by atoms with van der Waals surface area (Å²) in [5.74, 6) is -4.66. The van der Waals surface area contributed by atoms with E-state index in [4.69, 9.17) is 14.2 Å². The van der Waals surface area contributed by atoms with E-state index in [1.54, 1.807) is 37.3 Å². The van der Waals surface area contributed by atoms with Crippen molar-refractivity contribution in [3.05, 3.63) is 48.0 Å². The van der Waals surface area contributed by atoms with Crippen LogP contribution in [-0.4, -0.2) is 83.5 Å². The summed E-state index contributed by atoms with van der Waals surface area (Å²) in [5, 5.41) is 12.1. The molecule has 10 heteroatoms. The number of Topliss-reactive ketones (excluding diaryl/α,β-unsaturated/α-hetero) is 1. The van der Waals surface area contributed by atoms with Crippen molar-refractivity contribution in [3.63, 3.8) is 0 Å². The fourth-order valence-electron chi connectivity index (χ4n) is 11.2. The van der Waals surface area contributed by atoms with Crippen molar-refractivity contribution >= 4 is 30.0 Å². The van der Waals surface area contributed by atoms with E-state index >= 15 is 0 Å². The van der Waals surface area contributed by atoms with Gasteiger partial charge < -0.3 is 24.1 Å². The topological polar surface area (TPSA) is 137 Å². The number of likely N-dealkylation sites (N-methyl/N-ethyl adjacent to an activating group) is 1. The zero-order valence-electron chi connectivity index (χ0n) is 24.0. The van der Waals surface area contributed by atoms with Crippen LogP contribution in [0, 0.1) is 39.9 Å². The van der Waals surface area contributed by atoms with Crippen LogP contribution in [0.3, 0.4) is 0 Å². The second-order valence-electron chi connectivity index (χ2n) is 13.5. The quantitative estimate of drug-likeness (QED) is 0.238. The lowest BCUT2D eigenvalue weighted by atomic mass is 9.38. The Kier molecular flexibility index (Phi) is 5.62. The Hall–Kier alpha value is -3.37. The molecule has 6 aliphatic carbocycles. The number of fused-ring (bicyclic) bond motifs is 1. The number of piperidine rings is 1. The molecule has 0 unspecified atom stereocenters. The van der Waals surface area contributed by atoms with E-state index in [0.29, 0.717) is 17.6 Å². The molecule has 0 aromatic heterocycles. The van der Waals surface area contributed by atoms with Crippen molar-refractivity contribution in [1.29, 1.82) is 0 Å². The predicted molar refractivity (Wildman–Crippen MR) is 144 cm³/mol. The summed E-state index contributed by atoms with van der Waals surface area (Å²) in [6.45, 7) is 8.55. The SMILES string of the molecule is C=C1C[C@@]23[C@H](OC(C)=O)[C@H]4[C@H]5[C@@]6([C@H](OC(C)=O)[C@@H](OC(=O)c7ccccc7)C[C@@]5(C)C=O)[C@@H]2[C@@H](O)[C@@H]1C(=O)[C@@H]3[C@H]6N4C. The first-order valence-electron chi connectivity index (χ1n) is 14.5. The molecule has 10 nitrogen and oxygen atoms in total. The molecule has 6 saturated carbocycles. The minimum absolute atomic E-state index is 0.0495. The van der Waals surface area contributed by atoms with E-state index in [0.717, 1.165) is 6.29 Å². The van der Waals surface area contributed by atoms with Gasteiger partial charge in [0.05, 0.1) is 23.6 Å². The number of nitrogens with zero attached hydrogens (tertiary/aromatic N) is 1. The van der Waals surface area contributed by atoms with E-state index in [2.05, 4.69) is 6.58 Å². The normalized spacial score (nSPS) is 47.6. The average Bonchev–Trinajstić information content (AvgIpc) is 3.25. The van der Waals surface area contributed by atoms with Crippen LogP contribution in [0.2, 0.25) is 0 Å². The molecule has 222 valence electrons. The highest BCUT2D eigenvalue weighted by Crippen LogP contribution is 2.84. The van der Waals surface area contributed by atoms with Crippen LogP contribution < -0.4 is 0 Å². The summed E-state index contributed by atoms with van der Waals surface area (Å²) in [6, 6.07) is 7.37. The highest BCUT2D eigenvalue weighted by atomic mass is 16.6. The number of ether oxygens (including phenoxy) is 3. The fraction of sp³-hybridized carbons (Fsp3) is 0.594. The predicted octanol–water partition coefficient (Wildman–Crippen LogP) is 1.74. The number of rotatable bonds is 5. The van der Waals surface area contributed by atoms with Crippen LogP contribution in [0.25, 0.3) is 0 Å². The summed E-state index contributed by atoms with van der Waals surface area (Å²) in [6.07, 6.45) is -2.83. The zero-order valence-corrected chi connectivity index (χ0v) is 24.0. The third-order valence-electron chi connectivity index (χ3n) is 11.7. The number of aliphatic hydroxyl groups is 1. The number of hydrogen-bond donors (Lipinski definition) is 1. The van der Waals surface area contributed by atoms with Gasteiger partial charge in [-0.2, -0.15) is 0 Å². The maximum Gasteiger partial charge on any atom is 0.338 e. The van der Waals surface area contributed by atoms with Crippen LogP contribution >= 0.6 is 0 Å². The lowest BCUT2D eigenvalue weighted by Gasteiger charge is -2.68. The monoisotopic (exact) mass is 577 g/mol. The van der Waals surface area contributed by atoms with Gasteiger partial charge in [-0.25, -0.2) is 4.79 Å². The lowest BCUT2D eigenvalue weighted by Crippen LogP contribution is -2.77. The Morgan fingerprint density at radius 2 is 1.69 bits per heavy atom. The van der Waals surface area contributed by atoms with Gasteiger partial charge in [0.1, 0.15) is 30.4 Å². The molecule has 2 heterocycles. The van der Waals surface area contributed by atoms with Crippen LogP contribution in [0.1, 0.15) is 44.0 Å². The maximum atomic E-state index is 14.2. The lowest BCUT2D eigenvalue weighted by molar-refractivity contribution is -0.268. The van der Waals surface area contributed by atoms with E-state index < -0.39 is 94.3 Å². The average molecular weight is 578 g/mol. The number of esters is 3. The van der Waals surface area contributed by atoms with E-state index in [-0.39, 0.29) is 12.2 Å². The van der Waals surface area contributed by atoms with Gasteiger partial charge >= 0.3 is 17.9 Å². The van der Waals surface area contributed by atoms with Crippen LogP contribution in [-0.2, 0) is 33.4 Å². The minimum atomic E-state index is -1.20. The molecule has 13 atom stereocenters. The largest absolute Gasteiger partial charge is 0.460 e. The Morgan fingerprint density at radius 3 is 2.31 bits per heavy atom. The van der Waals surface area contributed by atoms with Crippen molar-refractivity contribution in [2.45, 2.75) is 70.1 Å². The van der Waals surface area contributed by atoms with Gasteiger partial charge in [-0.3, -0.25) is 19.3 Å². The standard InChI is InChI=1S/C32H35NO9/c1-14-11-31-20-22(37)19(14)23(38)25(31)32-24(21(33(5)26(20)32)28(31)41-16(3)36)30(4,13-34)12-18(27(32)40-15(2)35)42-29(39)17-9-7-6-8-10-17/h6-10,13,18-21,23-28,38H,1,11-12H2,2-5H3/t18-,19-,20+,21+,23-,24+,25+,26+,27+,28+,30-,31-,32+/m0/s1. The smallest absolute Gasteiger partial charge is 0.338 e. The molecule has 7 bridgehead atoms. The molecule has 1 aromatic carbocycles. The minimum Gasteiger partial charge on any atom is -0.460 e. The van der Waals surface area contributed by atoms with Gasteiger partial charge in [0.25, 0.3) is 0 Å². The van der Waals surface area contributed by atoms with Crippen molar-refractivity contribution in [2.24, 2.45) is 39.9 Å². The van der Waals surface area contributed by atoms with Crippen molar-refractivity contribution in [2.75, 3.05) is 7.05 Å². The van der Waals surface area contributed by atoms with Gasteiger partial charge in [0.15, 0.2) is 0 Å². The Balaban J connectivity index is 1.48. The molecule has 0 amide bonds. The third-order valence-corrected chi connectivity index (χ3v) is 11.7. The molecule has 8 aliphatic rings. The van der Waals surface area contributed by atoms with Crippen molar-refractivity contribution in [1.82, 2.24) is 4.90 Å². The summed E-state index contributed by atoms with van der Waals surface area (Å²) < 4.78 is 18.4. The molecule has 2 saturated heterocycles. The summed E-state index contributed by atoms with van der Waals surface area (Å²) >= 11 is 0. The highest BCUT2D eigenvalue weighted by molar-refractivity contribution is 5.93. The van der Waals surface area contributed by atoms with Gasteiger partial charge in [0, 0.05) is 60.3 Å². The second kappa shape index (κ2) is 8.60. The number of aliphatic hydroxyl groups excluding tert-OH is 1. The van der Waals surface area contributed by atoms with E-state index in [9.17, 15) is 29.1 Å². The van der Waals surface area contributed by atoms with Crippen molar-refractivity contribution < 1.29 is 43.3 Å². The Bertz CT molecular complexity index is 1440. The first-order valence-corrected chi connectivity index (χ1v) is 14.5. The van der Waals surface area contributed by atoms with E-state index in [1.807, 2.05) is 11.9 Å². The molecular weight excluding hydrogens is 542 g/mol. The number of benzene rings is 1. The number of carbonyl (C=O) groups excluding carboxylic acids is 5. The molecule has 42 heavy (non-hydrogen) atoms. The highest BCUT2D eigenvalue weighted by Gasteiger charge is 2.93. The van der Waals surface area contributed by atoms with Gasteiger partial charge in [-0.15, -0.1) is 0 Å². The number of aldehydes is 1. The van der Waals surface area contributed by atoms with Crippen LogP contribution in [0.15, 0.2) is 42.5 Å². The molecule has 2 aliphatic heterocycles. The molecule has 2 spiro atoms. The summed E-state index contributed by atoms with van der Waals surface area (Å²) in [5.41, 5.74) is -2.38.